The van der Waals surface area contributed by atoms with Gasteiger partial charge in [0.15, 0.2) is 5.15 Å². The second kappa shape index (κ2) is 4.37. The standard InChI is InChI=1S/C10H14ClN5O/c1-5(2)6(3)17-10-14-8(11)7-4-13-9(12)15-16(7)10/h4-6H,1-3H3,(H2,12,15). The molecule has 1 atom stereocenters. The lowest BCUT2D eigenvalue weighted by Crippen LogP contribution is -2.20. The number of anilines is 1. The van der Waals surface area contributed by atoms with Crippen LogP contribution in [0.25, 0.3) is 5.52 Å². The van der Waals surface area contributed by atoms with Gasteiger partial charge in [-0.2, -0.15) is 9.50 Å². The van der Waals surface area contributed by atoms with E-state index in [-0.39, 0.29) is 12.1 Å². The molecule has 0 bridgehead atoms. The fourth-order valence-corrected chi connectivity index (χ4v) is 1.42. The molecule has 2 aromatic heterocycles. The Hall–Kier alpha value is -1.56. The van der Waals surface area contributed by atoms with Crippen molar-refractivity contribution in [2.45, 2.75) is 26.9 Å². The number of rotatable bonds is 3. The number of nitrogens with two attached hydrogens (primary N) is 1. The van der Waals surface area contributed by atoms with Gasteiger partial charge in [0.05, 0.1) is 6.20 Å². The summed E-state index contributed by atoms with van der Waals surface area (Å²) < 4.78 is 7.15. The van der Waals surface area contributed by atoms with Gasteiger partial charge in [0, 0.05) is 0 Å². The molecule has 0 fully saturated rings. The summed E-state index contributed by atoms with van der Waals surface area (Å²) in [7, 11) is 0. The Morgan fingerprint density at radius 3 is 2.76 bits per heavy atom. The van der Waals surface area contributed by atoms with Crippen LogP contribution in [0.5, 0.6) is 6.01 Å². The molecule has 0 saturated carbocycles. The summed E-state index contributed by atoms with van der Waals surface area (Å²) >= 11 is 5.96. The van der Waals surface area contributed by atoms with Gasteiger partial charge in [0.2, 0.25) is 5.95 Å². The van der Waals surface area contributed by atoms with Gasteiger partial charge in [-0.05, 0) is 12.8 Å². The molecule has 0 aromatic carbocycles. The number of hydrogen-bond acceptors (Lipinski definition) is 5. The molecule has 0 saturated heterocycles. The number of aromatic nitrogens is 4. The number of imidazole rings is 1. The van der Waals surface area contributed by atoms with Crippen molar-refractivity contribution in [3.8, 4) is 6.01 Å². The highest BCUT2D eigenvalue weighted by Gasteiger charge is 2.16. The number of fused-ring (bicyclic) bond motifs is 1. The molecule has 0 amide bonds. The first-order valence-corrected chi connectivity index (χ1v) is 5.70. The highest BCUT2D eigenvalue weighted by Crippen LogP contribution is 2.23. The van der Waals surface area contributed by atoms with Crippen LogP contribution < -0.4 is 10.5 Å². The van der Waals surface area contributed by atoms with Crippen LogP contribution in [0.15, 0.2) is 6.20 Å². The number of nitrogen functional groups attached to an aromatic ring is 1. The van der Waals surface area contributed by atoms with Crippen LogP contribution in [0.3, 0.4) is 0 Å². The molecule has 6 nitrogen and oxygen atoms in total. The van der Waals surface area contributed by atoms with Crippen molar-refractivity contribution in [1.29, 1.82) is 0 Å². The summed E-state index contributed by atoms with van der Waals surface area (Å²) in [5, 5.41) is 4.32. The van der Waals surface area contributed by atoms with Gasteiger partial charge in [-0.15, -0.1) is 5.10 Å². The van der Waals surface area contributed by atoms with Crippen molar-refractivity contribution in [1.82, 2.24) is 19.6 Å². The molecule has 2 N–H and O–H groups in total. The molecule has 2 aromatic rings. The smallest absolute Gasteiger partial charge is 0.320 e. The number of halogens is 1. The minimum absolute atomic E-state index is 0.00727. The fourth-order valence-electron chi connectivity index (χ4n) is 1.22. The van der Waals surface area contributed by atoms with E-state index >= 15 is 0 Å². The third kappa shape index (κ3) is 2.26. The average molecular weight is 256 g/mol. The normalized spacial score (nSPS) is 13.2. The molecule has 92 valence electrons. The summed E-state index contributed by atoms with van der Waals surface area (Å²) in [6, 6.07) is 0.334. The Morgan fingerprint density at radius 2 is 2.12 bits per heavy atom. The molecule has 0 spiro atoms. The van der Waals surface area contributed by atoms with E-state index in [4.69, 9.17) is 22.1 Å². The Labute approximate surface area is 104 Å². The average Bonchev–Trinajstić information content (AvgIpc) is 2.55. The summed E-state index contributed by atoms with van der Waals surface area (Å²) in [5.74, 6) is 0.508. The predicted molar refractivity (Wildman–Crippen MR) is 65.1 cm³/mol. The van der Waals surface area contributed by atoms with Gasteiger partial charge in [-0.1, -0.05) is 25.4 Å². The van der Waals surface area contributed by atoms with Crippen LogP contribution in [0.2, 0.25) is 5.15 Å². The first kappa shape index (κ1) is 11.9. The number of hydrogen-bond donors (Lipinski definition) is 1. The molecule has 1 unspecified atom stereocenters. The van der Waals surface area contributed by atoms with Crippen LogP contribution in [-0.2, 0) is 0 Å². The minimum atomic E-state index is 0.00727. The maximum absolute atomic E-state index is 5.96. The molecule has 7 heteroatoms. The van der Waals surface area contributed by atoms with E-state index in [1.165, 1.54) is 10.7 Å². The Bertz CT molecular complexity index is 539. The molecule has 0 radical (unpaired) electrons. The minimum Gasteiger partial charge on any atom is -0.460 e. The number of ether oxygens (including phenoxy) is 1. The molecule has 0 aliphatic carbocycles. The van der Waals surface area contributed by atoms with Gasteiger partial charge in [0.1, 0.15) is 11.6 Å². The molecular weight excluding hydrogens is 242 g/mol. The molecule has 0 aliphatic heterocycles. The third-order valence-electron chi connectivity index (χ3n) is 2.57. The molecule has 2 rings (SSSR count). The molecular formula is C10H14ClN5O. The van der Waals surface area contributed by atoms with E-state index in [1.807, 2.05) is 6.92 Å². The zero-order valence-electron chi connectivity index (χ0n) is 9.88. The largest absolute Gasteiger partial charge is 0.460 e. The summed E-state index contributed by atoms with van der Waals surface area (Å²) in [4.78, 5) is 7.96. The first-order valence-electron chi connectivity index (χ1n) is 5.32. The highest BCUT2D eigenvalue weighted by atomic mass is 35.5. The molecule has 17 heavy (non-hydrogen) atoms. The van der Waals surface area contributed by atoms with Crippen molar-refractivity contribution in [2.24, 2.45) is 5.92 Å². The monoisotopic (exact) mass is 255 g/mol. The fraction of sp³-hybridized carbons (Fsp3) is 0.500. The summed E-state index contributed by atoms with van der Waals surface area (Å²) in [6.07, 6.45) is 1.53. The van der Waals surface area contributed by atoms with Gasteiger partial charge >= 0.3 is 6.01 Å². The highest BCUT2D eigenvalue weighted by molar-refractivity contribution is 6.32. The van der Waals surface area contributed by atoms with Gasteiger partial charge in [-0.25, -0.2) is 4.98 Å². The van der Waals surface area contributed by atoms with Crippen molar-refractivity contribution in [3.63, 3.8) is 0 Å². The van der Waals surface area contributed by atoms with E-state index < -0.39 is 0 Å². The van der Waals surface area contributed by atoms with Crippen LogP contribution in [0.4, 0.5) is 5.95 Å². The van der Waals surface area contributed by atoms with E-state index in [1.54, 1.807) is 0 Å². The van der Waals surface area contributed by atoms with Gasteiger partial charge in [-0.3, -0.25) is 0 Å². The molecule has 2 heterocycles. The third-order valence-corrected chi connectivity index (χ3v) is 2.84. The van der Waals surface area contributed by atoms with Crippen molar-refractivity contribution in [2.75, 3.05) is 5.73 Å². The lowest BCUT2D eigenvalue weighted by Gasteiger charge is -2.15. The maximum Gasteiger partial charge on any atom is 0.320 e. The van der Waals surface area contributed by atoms with E-state index in [2.05, 4.69) is 28.9 Å². The summed E-state index contributed by atoms with van der Waals surface area (Å²) in [6.45, 7) is 6.08. The zero-order valence-corrected chi connectivity index (χ0v) is 10.6. The molecule has 0 aliphatic rings. The van der Waals surface area contributed by atoms with Crippen molar-refractivity contribution < 1.29 is 4.74 Å². The Balaban J connectivity index is 2.43. The lowest BCUT2D eigenvalue weighted by molar-refractivity contribution is 0.153. The first-order chi connectivity index (χ1) is 7.99. The van der Waals surface area contributed by atoms with E-state index in [0.29, 0.717) is 22.6 Å². The van der Waals surface area contributed by atoms with Crippen LogP contribution in [0.1, 0.15) is 20.8 Å². The topological polar surface area (TPSA) is 78.3 Å². The predicted octanol–water partition coefficient (Wildman–Crippen LogP) is 1.78. The van der Waals surface area contributed by atoms with Gasteiger partial charge < -0.3 is 10.5 Å². The SMILES string of the molecule is CC(C)C(C)Oc1nc(Cl)c2cnc(N)nn12. The maximum atomic E-state index is 5.96. The Morgan fingerprint density at radius 1 is 1.41 bits per heavy atom. The van der Waals surface area contributed by atoms with Crippen molar-refractivity contribution >= 4 is 23.1 Å². The quantitative estimate of drug-likeness (QED) is 0.905. The lowest BCUT2D eigenvalue weighted by atomic mass is 10.1. The second-order valence-electron chi connectivity index (χ2n) is 4.17. The van der Waals surface area contributed by atoms with E-state index in [0.717, 1.165) is 0 Å². The van der Waals surface area contributed by atoms with Gasteiger partial charge in [0.25, 0.3) is 0 Å². The zero-order chi connectivity index (χ0) is 12.6. The van der Waals surface area contributed by atoms with Crippen molar-refractivity contribution in [3.05, 3.63) is 11.3 Å². The van der Waals surface area contributed by atoms with E-state index in [9.17, 15) is 0 Å². The second-order valence-corrected chi connectivity index (χ2v) is 4.52. The number of nitrogens with zero attached hydrogens (tertiary/aromatic N) is 4. The van der Waals surface area contributed by atoms with Crippen LogP contribution >= 0.6 is 11.6 Å². The summed E-state index contributed by atoms with van der Waals surface area (Å²) in [5.41, 5.74) is 6.10. The van der Waals surface area contributed by atoms with Crippen LogP contribution in [-0.4, -0.2) is 25.7 Å². The van der Waals surface area contributed by atoms with Crippen LogP contribution in [0, 0.1) is 5.92 Å². The Kier molecular flexibility index (Phi) is 3.06.